The number of aliphatic hydroxyl groups is 1. The molecule has 1 aromatic rings. The van der Waals surface area contributed by atoms with E-state index in [1.165, 1.54) is 0 Å². The summed E-state index contributed by atoms with van der Waals surface area (Å²) in [5, 5.41) is 9.09. The summed E-state index contributed by atoms with van der Waals surface area (Å²) in [6.07, 6.45) is 4.47. The zero-order valence-corrected chi connectivity index (χ0v) is 10.9. The predicted octanol–water partition coefficient (Wildman–Crippen LogP) is 1.23. The summed E-state index contributed by atoms with van der Waals surface area (Å²) in [5.74, 6) is 1.01. The molecular weight excluding hydrogens is 226 g/mol. The molecule has 0 spiro atoms. The fourth-order valence-electron chi connectivity index (χ4n) is 2.32. The van der Waals surface area contributed by atoms with Gasteiger partial charge in [-0.1, -0.05) is 12.7 Å². The predicted molar refractivity (Wildman–Crippen MR) is 74.7 cm³/mol. The summed E-state index contributed by atoms with van der Waals surface area (Å²) in [5.41, 5.74) is 1.04. The highest BCUT2D eigenvalue weighted by molar-refractivity contribution is 5.49. The van der Waals surface area contributed by atoms with E-state index in [4.69, 9.17) is 5.11 Å². The molecule has 1 aliphatic heterocycles. The van der Waals surface area contributed by atoms with Gasteiger partial charge in [-0.2, -0.15) is 0 Å². The smallest absolute Gasteiger partial charge is 0.128 e. The SMILES string of the molecule is C=Cc1ccc(N2CCN(C)C(CCO)C2)nc1. The lowest BCUT2D eigenvalue weighted by Gasteiger charge is -2.39. The zero-order valence-electron chi connectivity index (χ0n) is 10.9. The number of hydrogen-bond acceptors (Lipinski definition) is 4. The first-order chi connectivity index (χ1) is 8.74. The second-order valence-corrected chi connectivity index (χ2v) is 4.75. The molecule has 1 atom stereocenters. The fourth-order valence-corrected chi connectivity index (χ4v) is 2.32. The van der Waals surface area contributed by atoms with Gasteiger partial charge in [0, 0.05) is 38.5 Å². The van der Waals surface area contributed by atoms with Crippen LogP contribution < -0.4 is 4.90 Å². The van der Waals surface area contributed by atoms with Crippen LogP contribution in [0.15, 0.2) is 24.9 Å². The van der Waals surface area contributed by atoms with Crippen LogP contribution in [-0.4, -0.2) is 54.3 Å². The molecule has 1 saturated heterocycles. The topological polar surface area (TPSA) is 39.6 Å². The van der Waals surface area contributed by atoms with Gasteiger partial charge in [-0.15, -0.1) is 0 Å². The average molecular weight is 247 g/mol. The molecule has 0 amide bonds. The van der Waals surface area contributed by atoms with Crippen LogP contribution in [0.1, 0.15) is 12.0 Å². The highest BCUT2D eigenvalue weighted by atomic mass is 16.3. The Hall–Kier alpha value is -1.39. The Morgan fingerprint density at radius 1 is 1.50 bits per heavy atom. The molecule has 2 rings (SSSR count). The second-order valence-electron chi connectivity index (χ2n) is 4.75. The van der Waals surface area contributed by atoms with Gasteiger partial charge in [0.2, 0.25) is 0 Å². The van der Waals surface area contributed by atoms with E-state index in [0.717, 1.165) is 37.4 Å². The van der Waals surface area contributed by atoms with Crippen LogP contribution in [0.2, 0.25) is 0 Å². The van der Waals surface area contributed by atoms with E-state index in [-0.39, 0.29) is 6.61 Å². The van der Waals surface area contributed by atoms with Gasteiger partial charge in [0.15, 0.2) is 0 Å². The Balaban J connectivity index is 2.06. The van der Waals surface area contributed by atoms with Crippen molar-refractivity contribution in [2.24, 2.45) is 0 Å². The number of hydrogen-bond donors (Lipinski definition) is 1. The molecule has 1 unspecified atom stereocenters. The quantitative estimate of drug-likeness (QED) is 0.868. The third-order valence-corrected chi connectivity index (χ3v) is 3.57. The van der Waals surface area contributed by atoms with Crippen LogP contribution in [-0.2, 0) is 0 Å². The standard InChI is InChI=1S/C14H21N3O/c1-3-12-4-5-14(15-10-12)17-8-7-16(2)13(11-17)6-9-18/h3-5,10,13,18H,1,6-9,11H2,2H3. The van der Waals surface area contributed by atoms with E-state index < -0.39 is 0 Å². The molecular formula is C14H21N3O. The van der Waals surface area contributed by atoms with E-state index in [2.05, 4.69) is 28.4 Å². The number of likely N-dealkylation sites (N-methyl/N-ethyl adjacent to an activating group) is 1. The Bertz CT molecular complexity index is 391. The first-order valence-corrected chi connectivity index (χ1v) is 6.39. The van der Waals surface area contributed by atoms with Crippen LogP contribution in [0.25, 0.3) is 6.08 Å². The van der Waals surface area contributed by atoms with Crippen LogP contribution in [0.5, 0.6) is 0 Å². The van der Waals surface area contributed by atoms with Crippen LogP contribution in [0.4, 0.5) is 5.82 Å². The van der Waals surface area contributed by atoms with Crippen molar-refractivity contribution in [2.75, 3.05) is 38.2 Å². The molecule has 0 aliphatic carbocycles. The number of aliphatic hydroxyl groups excluding tert-OH is 1. The van der Waals surface area contributed by atoms with Gasteiger partial charge in [-0.05, 0) is 31.2 Å². The van der Waals surface area contributed by atoms with Crippen molar-refractivity contribution in [3.63, 3.8) is 0 Å². The number of rotatable bonds is 4. The summed E-state index contributed by atoms with van der Waals surface area (Å²) in [4.78, 5) is 9.06. The number of piperazine rings is 1. The molecule has 1 fully saturated rings. The van der Waals surface area contributed by atoms with Gasteiger partial charge in [0.1, 0.15) is 5.82 Å². The lowest BCUT2D eigenvalue weighted by atomic mass is 10.1. The van der Waals surface area contributed by atoms with E-state index in [9.17, 15) is 0 Å². The number of pyridine rings is 1. The molecule has 4 heteroatoms. The summed E-state index contributed by atoms with van der Waals surface area (Å²) < 4.78 is 0. The van der Waals surface area contributed by atoms with E-state index >= 15 is 0 Å². The number of nitrogens with zero attached hydrogens (tertiary/aromatic N) is 3. The Morgan fingerprint density at radius 2 is 2.33 bits per heavy atom. The molecule has 98 valence electrons. The highest BCUT2D eigenvalue weighted by Gasteiger charge is 2.24. The molecule has 0 aromatic carbocycles. The third-order valence-electron chi connectivity index (χ3n) is 3.57. The maximum Gasteiger partial charge on any atom is 0.128 e. The number of aromatic nitrogens is 1. The second kappa shape index (κ2) is 5.98. The molecule has 18 heavy (non-hydrogen) atoms. The minimum Gasteiger partial charge on any atom is -0.396 e. The lowest BCUT2D eigenvalue weighted by molar-refractivity contribution is 0.170. The molecule has 4 nitrogen and oxygen atoms in total. The first-order valence-electron chi connectivity index (χ1n) is 6.39. The van der Waals surface area contributed by atoms with Gasteiger partial charge in [-0.25, -0.2) is 4.98 Å². The van der Waals surface area contributed by atoms with Gasteiger partial charge < -0.3 is 10.0 Å². The van der Waals surface area contributed by atoms with Gasteiger partial charge in [-0.3, -0.25) is 4.90 Å². The summed E-state index contributed by atoms with van der Waals surface area (Å²) in [6, 6.07) is 4.48. The first kappa shape index (κ1) is 13.1. The molecule has 1 aromatic heterocycles. The van der Waals surface area contributed by atoms with Gasteiger partial charge in [0.25, 0.3) is 0 Å². The van der Waals surface area contributed by atoms with Crippen LogP contribution in [0.3, 0.4) is 0 Å². The molecule has 0 saturated carbocycles. The van der Waals surface area contributed by atoms with Gasteiger partial charge >= 0.3 is 0 Å². The largest absolute Gasteiger partial charge is 0.396 e. The molecule has 0 bridgehead atoms. The maximum atomic E-state index is 9.09. The normalized spacial score (nSPS) is 21.0. The van der Waals surface area contributed by atoms with Crippen LogP contribution in [0, 0.1) is 0 Å². The summed E-state index contributed by atoms with van der Waals surface area (Å²) in [6.45, 7) is 6.90. The monoisotopic (exact) mass is 247 g/mol. The zero-order chi connectivity index (χ0) is 13.0. The molecule has 1 N–H and O–H groups in total. The minimum atomic E-state index is 0.242. The van der Waals surface area contributed by atoms with E-state index in [0.29, 0.717) is 6.04 Å². The third kappa shape index (κ3) is 2.89. The van der Waals surface area contributed by atoms with Crippen molar-refractivity contribution in [3.05, 3.63) is 30.5 Å². The minimum absolute atomic E-state index is 0.242. The fraction of sp³-hybridized carbons (Fsp3) is 0.500. The van der Waals surface area contributed by atoms with Crippen molar-refractivity contribution >= 4 is 11.9 Å². The van der Waals surface area contributed by atoms with E-state index in [1.54, 1.807) is 6.08 Å². The highest BCUT2D eigenvalue weighted by Crippen LogP contribution is 2.18. The lowest BCUT2D eigenvalue weighted by Crippen LogP contribution is -2.52. The van der Waals surface area contributed by atoms with E-state index in [1.807, 2.05) is 18.3 Å². The van der Waals surface area contributed by atoms with Crippen molar-refractivity contribution in [1.82, 2.24) is 9.88 Å². The molecule has 1 aliphatic rings. The average Bonchev–Trinajstić information content (AvgIpc) is 2.42. The summed E-state index contributed by atoms with van der Waals surface area (Å²) >= 11 is 0. The Labute approximate surface area is 109 Å². The molecule has 0 radical (unpaired) electrons. The maximum absolute atomic E-state index is 9.09. The van der Waals surface area contributed by atoms with Crippen molar-refractivity contribution in [3.8, 4) is 0 Å². The Kier molecular flexibility index (Phi) is 4.33. The molecule has 2 heterocycles. The number of anilines is 1. The van der Waals surface area contributed by atoms with Crippen molar-refractivity contribution in [2.45, 2.75) is 12.5 Å². The van der Waals surface area contributed by atoms with Crippen molar-refractivity contribution < 1.29 is 5.11 Å². The van der Waals surface area contributed by atoms with Crippen molar-refractivity contribution in [1.29, 1.82) is 0 Å². The van der Waals surface area contributed by atoms with Crippen LogP contribution >= 0.6 is 0 Å². The Morgan fingerprint density at radius 3 is 2.94 bits per heavy atom. The summed E-state index contributed by atoms with van der Waals surface area (Å²) in [7, 11) is 2.12. The van der Waals surface area contributed by atoms with Gasteiger partial charge in [0.05, 0.1) is 0 Å².